The molecule has 0 saturated heterocycles. The van der Waals surface area contributed by atoms with Crippen molar-refractivity contribution in [2.24, 2.45) is 5.73 Å². The van der Waals surface area contributed by atoms with Crippen LogP contribution in [0.5, 0.6) is 0 Å². The fraction of sp³-hybridized carbons (Fsp3) is 0.533. The highest BCUT2D eigenvalue weighted by Gasteiger charge is 2.24. The van der Waals surface area contributed by atoms with Gasteiger partial charge in [-0.25, -0.2) is 4.98 Å². The molecule has 0 atom stereocenters. The van der Waals surface area contributed by atoms with Crippen LogP contribution in [0.1, 0.15) is 32.1 Å². The molecule has 1 saturated carbocycles. The number of nitrogens with zero attached hydrogens (tertiary/aromatic N) is 4. The SMILES string of the molecule is NCCCN(c1nnc2ccccc2n1)C1CCCC1. The lowest BCUT2D eigenvalue weighted by Crippen LogP contribution is -2.36. The number of hydrogen-bond donors (Lipinski definition) is 1. The van der Waals surface area contributed by atoms with Gasteiger partial charge >= 0.3 is 0 Å². The molecule has 5 heteroatoms. The third kappa shape index (κ3) is 2.72. The van der Waals surface area contributed by atoms with Gasteiger partial charge in [0.25, 0.3) is 0 Å². The Labute approximate surface area is 119 Å². The quantitative estimate of drug-likeness (QED) is 0.902. The van der Waals surface area contributed by atoms with Crippen LogP contribution in [-0.4, -0.2) is 34.3 Å². The first-order valence-corrected chi connectivity index (χ1v) is 7.44. The van der Waals surface area contributed by atoms with Crippen LogP contribution in [0.15, 0.2) is 24.3 Å². The van der Waals surface area contributed by atoms with Crippen molar-refractivity contribution in [1.82, 2.24) is 15.2 Å². The van der Waals surface area contributed by atoms with Crippen LogP contribution in [0.3, 0.4) is 0 Å². The Bertz CT molecular complexity index is 565. The van der Waals surface area contributed by atoms with Gasteiger partial charge in [-0.1, -0.05) is 25.0 Å². The van der Waals surface area contributed by atoms with Gasteiger partial charge in [-0.15, -0.1) is 10.2 Å². The average molecular weight is 271 g/mol. The van der Waals surface area contributed by atoms with E-state index in [1.807, 2.05) is 24.3 Å². The number of fused-ring (bicyclic) bond motifs is 1. The molecule has 3 rings (SSSR count). The van der Waals surface area contributed by atoms with Crippen molar-refractivity contribution in [2.45, 2.75) is 38.1 Å². The summed E-state index contributed by atoms with van der Waals surface area (Å²) in [6.45, 7) is 1.62. The number of hydrogen-bond acceptors (Lipinski definition) is 5. The molecule has 20 heavy (non-hydrogen) atoms. The van der Waals surface area contributed by atoms with Gasteiger partial charge in [0.1, 0.15) is 5.52 Å². The summed E-state index contributed by atoms with van der Waals surface area (Å²) in [5.74, 6) is 0.754. The van der Waals surface area contributed by atoms with Gasteiger partial charge in [0, 0.05) is 12.6 Å². The second-order valence-corrected chi connectivity index (χ2v) is 5.37. The monoisotopic (exact) mass is 271 g/mol. The van der Waals surface area contributed by atoms with E-state index in [0.717, 1.165) is 29.9 Å². The minimum absolute atomic E-state index is 0.546. The molecule has 2 aromatic rings. The zero-order valence-electron chi connectivity index (χ0n) is 11.7. The van der Waals surface area contributed by atoms with E-state index in [4.69, 9.17) is 5.73 Å². The van der Waals surface area contributed by atoms with Crippen molar-refractivity contribution in [1.29, 1.82) is 0 Å². The molecule has 0 unspecified atom stereocenters. The maximum absolute atomic E-state index is 5.66. The summed E-state index contributed by atoms with van der Waals surface area (Å²) in [6, 6.07) is 8.43. The number of para-hydroxylation sites is 1. The lowest BCUT2D eigenvalue weighted by atomic mass is 10.2. The summed E-state index contributed by atoms with van der Waals surface area (Å²) in [5, 5.41) is 8.62. The third-order valence-electron chi connectivity index (χ3n) is 3.97. The molecular formula is C15H21N5. The zero-order valence-corrected chi connectivity index (χ0v) is 11.7. The van der Waals surface area contributed by atoms with Crippen LogP contribution < -0.4 is 10.6 Å². The standard InChI is InChI=1S/C15H21N5/c16-10-5-11-20(12-6-1-2-7-12)15-17-13-8-3-4-9-14(13)18-19-15/h3-4,8-9,12H,1-2,5-7,10-11,16H2. The fourth-order valence-corrected chi connectivity index (χ4v) is 2.92. The zero-order chi connectivity index (χ0) is 13.8. The molecule has 0 bridgehead atoms. The first-order chi connectivity index (χ1) is 9.88. The highest BCUT2D eigenvalue weighted by atomic mass is 15.3. The molecule has 0 radical (unpaired) electrons. The maximum atomic E-state index is 5.66. The summed E-state index contributed by atoms with van der Waals surface area (Å²) in [4.78, 5) is 6.99. The second-order valence-electron chi connectivity index (χ2n) is 5.37. The van der Waals surface area contributed by atoms with Gasteiger partial charge in [-0.05, 0) is 37.9 Å². The lowest BCUT2D eigenvalue weighted by Gasteiger charge is -2.28. The molecule has 1 aliphatic rings. The Morgan fingerprint density at radius 3 is 2.60 bits per heavy atom. The van der Waals surface area contributed by atoms with E-state index in [9.17, 15) is 0 Å². The molecule has 0 aliphatic heterocycles. The van der Waals surface area contributed by atoms with E-state index in [1.165, 1.54) is 25.7 Å². The largest absolute Gasteiger partial charge is 0.336 e. The van der Waals surface area contributed by atoms with Crippen molar-refractivity contribution in [3.05, 3.63) is 24.3 Å². The number of nitrogens with two attached hydrogens (primary N) is 1. The minimum Gasteiger partial charge on any atom is -0.336 e. The van der Waals surface area contributed by atoms with E-state index >= 15 is 0 Å². The average Bonchev–Trinajstić information content (AvgIpc) is 3.02. The van der Waals surface area contributed by atoms with Gasteiger partial charge in [-0.2, -0.15) is 0 Å². The number of anilines is 1. The van der Waals surface area contributed by atoms with Crippen LogP contribution in [0.2, 0.25) is 0 Å². The Balaban J connectivity index is 1.90. The molecule has 106 valence electrons. The highest BCUT2D eigenvalue weighted by Crippen LogP contribution is 2.26. The molecule has 2 N–H and O–H groups in total. The van der Waals surface area contributed by atoms with Crippen LogP contribution >= 0.6 is 0 Å². The molecule has 5 nitrogen and oxygen atoms in total. The summed E-state index contributed by atoms with van der Waals surface area (Å²) < 4.78 is 0. The topological polar surface area (TPSA) is 67.9 Å². The predicted octanol–water partition coefficient (Wildman–Crippen LogP) is 2.12. The Morgan fingerprint density at radius 1 is 1.10 bits per heavy atom. The minimum atomic E-state index is 0.546. The van der Waals surface area contributed by atoms with Crippen LogP contribution in [0.4, 0.5) is 5.95 Å². The van der Waals surface area contributed by atoms with Gasteiger partial charge in [0.15, 0.2) is 0 Å². The van der Waals surface area contributed by atoms with Gasteiger partial charge in [0.05, 0.1) is 5.52 Å². The Morgan fingerprint density at radius 2 is 1.85 bits per heavy atom. The first-order valence-electron chi connectivity index (χ1n) is 7.44. The van der Waals surface area contributed by atoms with Gasteiger partial charge in [0.2, 0.25) is 5.95 Å². The molecule has 1 fully saturated rings. The van der Waals surface area contributed by atoms with Crippen molar-refractivity contribution in [3.63, 3.8) is 0 Å². The van der Waals surface area contributed by atoms with Gasteiger partial charge < -0.3 is 10.6 Å². The van der Waals surface area contributed by atoms with Crippen molar-refractivity contribution < 1.29 is 0 Å². The summed E-state index contributed by atoms with van der Waals surface area (Å²) in [7, 11) is 0. The van der Waals surface area contributed by atoms with E-state index < -0.39 is 0 Å². The van der Waals surface area contributed by atoms with E-state index in [2.05, 4.69) is 20.1 Å². The van der Waals surface area contributed by atoms with E-state index in [0.29, 0.717) is 12.6 Å². The Hall–Kier alpha value is -1.75. The van der Waals surface area contributed by atoms with Crippen molar-refractivity contribution in [2.75, 3.05) is 18.0 Å². The predicted molar refractivity (Wildman–Crippen MR) is 80.6 cm³/mol. The molecule has 1 aromatic carbocycles. The molecule has 0 amide bonds. The smallest absolute Gasteiger partial charge is 0.246 e. The van der Waals surface area contributed by atoms with E-state index in [1.54, 1.807) is 0 Å². The van der Waals surface area contributed by atoms with E-state index in [-0.39, 0.29) is 0 Å². The Kier molecular flexibility index (Phi) is 4.06. The highest BCUT2D eigenvalue weighted by molar-refractivity contribution is 5.74. The summed E-state index contributed by atoms with van der Waals surface area (Å²) >= 11 is 0. The fourth-order valence-electron chi connectivity index (χ4n) is 2.92. The van der Waals surface area contributed by atoms with Crippen molar-refractivity contribution in [3.8, 4) is 0 Å². The van der Waals surface area contributed by atoms with Crippen LogP contribution in [-0.2, 0) is 0 Å². The number of aromatic nitrogens is 3. The maximum Gasteiger partial charge on any atom is 0.246 e. The molecule has 1 heterocycles. The molecule has 1 aromatic heterocycles. The van der Waals surface area contributed by atoms with Gasteiger partial charge in [-0.3, -0.25) is 0 Å². The van der Waals surface area contributed by atoms with Crippen LogP contribution in [0.25, 0.3) is 11.0 Å². The first kappa shape index (κ1) is 13.2. The molecule has 1 aliphatic carbocycles. The van der Waals surface area contributed by atoms with Crippen molar-refractivity contribution >= 4 is 17.0 Å². The van der Waals surface area contributed by atoms with Crippen LogP contribution in [0, 0.1) is 0 Å². The summed E-state index contributed by atoms with van der Waals surface area (Å²) in [6.07, 6.45) is 6.00. The summed E-state index contributed by atoms with van der Waals surface area (Å²) in [5.41, 5.74) is 7.42. The number of benzene rings is 1. The molecule has 0 spiro atoms. The third-order valence-corrected chi connectivity index (χ3v) is 3.97. The number of rotatable bonds is 5. The molecular weight excluding hydrogens is 250 g/mol. The lowest BCUT2D eigenvalue weighted by molar-refractivity contribution is 0.577. The second kappa shape index (κ2) is 6.13. The normalized spacial score (nSPS) is 15.8.